The normalized spacial score (nSPS) is 12.1. The molecule has 0 aliphatic heterocycles. The molecule has 1 atom stereocenters. The Kier molecular flexibility index (Phi) is 4.82. The van der Waals surface area contributed by atoms with E-state index in [1.807, 2.05) is 6.92 Å². The first-order chi connectivity index (χ1) is 8.04. The second-order valence-corrected chi connectivity index (χ2v) is 4.01. The highest BCUT2D eigenvalue weighted by atomic mass is 16.5. The van der Waals surface area contributed by atoms with Crippen LogP contribution in [0.3, 0.4) is 0 Å². The van der Waals surface area contributed by atoms with Crippen LogP contribution in [0.15, 0.2) is 18.2 Å². The molecule has 0 saturated carbocycles. The van der Waals surface area contributed by atoms with E-state index in [1.165, 1.54) is 0 Å². The van der Waals surface area contributed by atoms with Gasteiger partial charge in [-0.2, -0.15) is 0 Å². The van der Waals surface area contributed by atoms with Crippen LogP contribution in [0.5, 0.6) is 11.5 Å². The molecule has 2 N–H and O–H groups in total. The summed E-state index contributed by atoms with van der Waals surface area (Å²) < 4.78 is 5.27. The van der Waals surface area contributed by atoms with E-state index in [4.69, 9.17) is 9.84 Å². The second-order valence-electron chi connectivity index (χ2n) is 4.01. The molecule has 0 amide bonds. The Balaban J connectivity index is 2.65. The predicted molar refractivity (Wildman–Crippen MR) is 64.4 cm³/mol. The summed E-state index contributed by atoms with van der Waals surface area (Å²) in [6.45, 7) is 4.02. The van der Waals surface area contributed by atoms with Gasteiger partial charge in [-0.25, -0.2) is 0 Å². The standard InChI is InChI=1S/C13H18O4/c1-3-17-12-8-10(6-7-11(12)14)5-4-9(2)13(15)16/h6-9,14H,3-5H2,1-2H3,(H,15,16). The molecule has 0 spiro atoms. The Labute approximate surface area is 101 Å². The van der Waals surface area contributed by atoms with E-state index in [0.29, 0.717) is 25.2 Å². The van der Waals surface area contributed by atoms with Crippen molar-refractivity contribution in [2.45, 2.75) is 26.7 Å². The molecule has 0 aliphatic rings. The number of carboxylic acid groups (broad SMARTS) is 1. The monoisotopic (exact) mass is 238 g/mol. The summed E-state index contributed by atoms with van der Waals surface area (Å²) in [7, 11) is 0. The summed E-state index contributed by atoms with van der Waals surface area (Å²) in [5.74, 6) is -0.581. The third kappa shape index (κ3) is 3.98. The van der Waals surface area contributed by atoms with Gasteiger partial charge in [0.2, 0.25) is 0 Å². The number of aromatic hydroxyl groups is 1. The lowest BCUT2D eigenvalue weighted by Gasteiger charge is -2.09. The molecular formula is C13H18O4. The SMILES string of the molecule is CCOc1cc(CCC(C)C(=O)O)ccc1O. The third-order valence-corrected chi connectivity index (χ3v) is 2.61. The van der Waals surface area contributed by atoms with Crippen LogP contribution in [0, 0.1) is 5.92 Å². The molecule has 0 bridgehead atoms. The van der Waals surface area contributed by atoms with E-state index in [0.717, 1.165) is 5.56 Å². The summed E-state index contributed by atoms with van der Waals surface area (Å²) in [5.41, 5.74) is 0.972. The number of phenols is 1. The van der Waals surface area contributed by atoms with Crippen LogP contribution >= 0.6 is 0 Å². The Morgan fingerprint density at radius 1 is 1.47 bits per heavy atom. The molecule has 17 heavy (non-hydrogen) atoms. The van der Waals surface area contributed by atoms with Gasteiger partial charge in [-0.15, -0.1) is 0 Å². The highest BCUT2D eigenvalue weighted by molar-refractivity contribution is 5.69. The van der Waals surface area contributed by atoms with Gasteiger partial charge in [-0.1, -0.05) is 13.0 Å². The van der Waals surface area contributed by atoms with Crippen molar-refractivity contribution in [2.24, 2.45) is 5.92 Å². The number of carboxylic acids is 1. The molecule has 1 aromatic carbocycles. The fourth-order valence-electron chi connectivity index (χ4n) is 1.49. The van der Waals surface area contributed by atoms with E-state index in [1.54, 1.807) is 25.1 Å². The van der Waals surface area contributed by atoms with Crippen molar-refractivity contribution < 1.29 is 19.7 Å². The summed E-state index contributed by atoms with van der Waals surface area (Å²) in [4.78, 5) is 10.7. The first-order valence-corrected chi connectivity index (χ1v) is 5.72. The molecule has 0 fully saturated rings. The minimum atomic E-state index is -0.784. The van der Waals surface area contributed by atoms with E-state index in [9.17, 15) is 9.90 Å². The van der Waals surface area contributed by atoms with Crippen molar-refractivity contribution in [3.05, 3.63) is 23.8 Å². The molecule has 0 heterocycles. The third-order valence-electron chi connectivity index (χ3n) is 2.61. The van der Waals surface area contributed by atoms with E-state index in [-0.39, 0.29) is 11.7 Å². The number of phenolic OH excluding ortho intramolecular Hbond substituents is 1. The highest BCUT2D eigenvalue weighted by Crippen LogP contribution is 2.27. The minimum Gasteiger partial charge on any atom is -0.504 e. The predicted octanol–water partition coefficient (Wildman–Crippen LogP) is 2.44. The summed E-state index contributed by atoms with van der Waals surface area (Å²) >= 11 is 0. The first kappa shape index (κ1) is 13.4. The van der Waals surface area contributed by atoms with Crippen LogP contribution in [-0.4, -0.2) is 22.8 Å². The molecule has 0 aromatic heterocycles. The molecule has 1 unspecified atom stereocenters. The van der Waals surface area contributed by atoms with Crippen molar-refractivity contribution in [3.8, 4) is 11.5 Å². The maximum Gasteiger partial charge on any atom is 0.306 e. The lowest BCUT2D eigenvalue weighted by molar-refractivity contribution is -0.141. The molecule has 94 valence electrons. The molecule has 0 aliphatic carbocycles. The number of carbonyl (C=O) groups is 1. The Hall–Kier alpha value is -1.71. The quantitative estimate of drug-likeness (QED) is 0.798. The van der Waals surface area contributed by atoms with Crippen LogP contribution in [0.4, 0.5) is 0 Å². The number of ether oxygens (including phenoxy) is 1. The van der Waals surface area contributed by atoms with Crippen LogP contribution in [0.2, 0.25) is 0 Å². The van der Waals surface area contributed by atoms with Crippen LogP contribution in [0.25, 0.3) is 0 Å². The molecule has 4 heteroatoms. The van der Waals surface area contributed by atoms with Crippen LogP contribution in [0.1, 0.15) is 25.8 Å². The van der Waals surface area contributed by atoms with Gasteiger partial charge in [0.1, 0.15) is 0 Å². The zero-order chi connectivity index (χ0) is 12.8. The fourth-order valence-corrected chi connectivity index (χ4v) is 1.49. The molecular weight excluding hydrogens is 220 g/mol. The van der Waals surface area contributed by atoms with Gasteiger partial charge >= 0.3 is 5.97 Å². The number of rotatable bonds is 6. The summed E-state index contributed by atoms with van der Waals surface area (Å²) in [6.07, 6.45) is 1.24. The number of hydrogen-bond acceptors (Lipinski definition) is 3. The summed E-state index contributed by atoms with van der Waals surface area (Å²) in [5, 5.41) is 18.3. The van der Waals surface area contributed by atoms with Gasteiger partial charge in [-0.3, -0.25) is 4.79 Å². The van der Waals surface area contributed by atoms with Gasteiger partial charge in [0.05, 0.1) is 12.5 Å². The molecule has 1 rings (SSSR count). The second kappa shape index (κ2) is 6.13. The van der Waals surface area contributed by atoms with E-state index >= 15 is 0 Å². The Morgan fingerprint density at radius 3 is 2.76 bits per heavy atom. The van der Waals surface area contributed by atoms with Crippen molar-refractivity contribution in [2.75, 3.05) is 6.61 Å². The van der Waals surface area contributed by atoms with E-state index in [2.05, 4.69) is 0 Å². The Morgan fingerprint density at radius 2 is 2.18 bits per heavy atom. The first-order valence-electron chi connectivity index (χ1n) is 5.72. The van der Waals surface area contributed by atoms with Gasteiger partial charge in [0, 0.05) is 0 Å². The number of aliphatic carboxylic acids is 1. The fraction of sp³-hybridized carbons (Fsp3) is 0.462. The molecule has 0 radical (unpaired) electrons. The average Bonchev–Trinajstić information content (AvgIpc) is 2.29. The van der Waals surface area contributed by atoms with Crippen molar-refractivity contribution in [1.82, 2.24) is 0 Å². The Bertz CT molecular complexity index is 387. The van der Waals surface area contributed by atoms with Crippen molar-refractivity contribution in [3.63, 3.8) is 0 Å². The van der Waals surface area contributed by atoms with Crippen LogP contribution < -0.4 is 4.74 Å². The van der Waals surface area contributed by atoms with E-state index < -0.39 is 5.97 Å². The molecule has 4 nitrogen and oxygen atoms in total. The van der Waals surface area contributed by atoms with Gasteiger partial charge in [-0.05, 0) is 37.5 Å². The van der Waals surface area contributed by atoms with Crippen LogP contribution in [-0.2, 0) is 11.2 Å². The van der Waals surface area contributed by atoms with Gasteiger partial charge in [0.15, 0.2) is 11.5 Å². The highest BCUT2D eigenvalue weighted by Gasteiger charge is 2.11. The maximum absolute atomic E-state index is 10.7. The average molecular weight is 238 g/mol. The lowest BCUT2D eigenvalue weighted by Crippen LogP contribution is -2.10. The van der Waals surface area contributed by atoms with Crippen molar-refractivity contribution in [1.29, 1.82) is 0 Å². The molecule has 0 saturated heterocycles. The van der Waals surface area contributed by atoms with Gasteiger partial charge in [0.25, 0.3) is 0 Å². The minimum absolute atomic E-state index is 0.113. The lowest BCUT2D eigenvalue weighted by atomic mass is 10.0. The number of aryl methyl sites for hydroxylation is 1. The zero-order valence-corrected chi connectivity index (χ0v) is 10.1. The zero-order valence-electron chi connectivity index (χ0n) is 10.1. The summed E-state index contributed by atoms with van der Waals surface area (Å²) in [6, 6.07) is 5.12. The smallest absolute Gasteiger partial charge is 0.306 e. The topological polar surface area (TPSA) is 66.8 Å². The number of benzene rings is 1. The maximum atomic E-state index is 10.7. The van der Waals surface area contributed by atoms with Crippen molar-refractivity contribution >= 4 is 5.97 Å². The largest absolute Gasteiger partial charge is 0.504 e. The van der Waals surface area contributed by atoms with Gasteiger partial charge < -0.3 is 14.9 Å². The number of hydrogen-bond donors (Lipinski definition) is 2. The molecule has 1 aromatic rings.